The third kappa shape index (κ3) is 6.34. The Balaban J connectivity index is 1.63. The minimum absolute atomic E-state index is 0.128. The SMILES string of the molecule is CCOC(=O)Cc1ccc(Oc2ccc(NC(=O)c3ccc(Cl)c(Cl)c3)nc2)c(Cl)c1. The number of hydrogen-bond acceptors (Lipinski definition) is 5. The maximum atomic E-state index is 12.3. The lowest BCUT2D eigenvalue weighted by atomic mass is 10.1. The Hall–Kier alpha value is -2.80. The molecule has 31 heavy (non-hydrogen) atoms. The number of nitrogens with zero attached hydrogens (tertiary/aromatic N) is 1. The highest BCUT2D eigenvalue weighted by Gasteiger charge is 2.11. The van der Waals surface area contributed by atoms with Gasteiger partial charge in [-0.2, -0.15) is 0 Å². The van der Waals surface area contributed by atoms with E-state index in [0.717, 1.165) is 0 Å². The van der Waals surface area contributed by atoms with Crippen LogP contribution in [0.2, 0.25) is 15.1 Å². The van der Waals surface area contributed by atoms with E-state index in [4.69, 9.17) is 44.3 Å². The number of hydrogen-bond donors (Lipinski definition) is 1. The van der Waals surface area contributed by atoms with Crippen LogP contribution in [0.25, 0.3) is 0 Å². The van der Waals surface area contributed by atoms with Gasteiger partial charge in [0.1, 0.15) is 17.3 Å². The van der Waals surface area contributed by atoms with Crippen molar-refractivity contribution >= 4 is 52.5 Å². The third-order valence-electron chi connectivity index (χ3n) is 4.04. The first-order valence-electron chi connectivity index (χ1n) is 9.20. The lowest BCUT2D eigenvalue weighted by molar-refractivity contribution is -0.142. The predicted octanol–water partition coefficient (Wildman–Crippen LogP) is 6.19. The molecule has 0 radical (unpaired) electrons. The number of pyridine rings is 1. The molecule has 6 nitrogen and oxygen atoms in total. The summed E-state index contributed by atoms with van der Waals surface area (Å²) in [6, 6.07) is 12.9. The van der Waals surface area contributed by atoms with Crippen molar-refractivity contribution in [3.05, 3.63) is 80.9 Å². The number of anilines is 1. The summed E-state index contributed by atoms with van der Waals surface area (Å²) in [6.07, 6.45) is 1.58. The van der Waals surface area contributed by atoms with Crippen LogP contribution in [0.4, 0.5) is 5.82 Å². The predicted molar refractivity (Wildman–Crippen MR) is 121 cm³/mol. The first kappa shape index (κ1) is 22.9. The van der Waals surface area contributed by atoms with E-state index in [1.807, 2.05) is 0 Å². The van der Waals surface area contributed by atoms with Crippen molar-refractivity contribution in [1.82, 2.24) is 4.98 Å². The molecule has 1 amide bonds. The number of amides is 1. The van der Waals surface area contributed by atoms with Gasteiger partial charge >= 0.3 is 5.97 Å². The summed E-state index contributed by atoms with van der Waals surface area (Å²) in [5, 5.41) is 3.67. The fourth-order valence-corrected chi connectivity index (χ4v) is 3.12. The Morgan fingerprint density at radius 1 is 0.968 bits per heavy atom. The number of ether oxygens (including phenoxy) is 2. The largest absolute Gasteiger partial charge is 0.466 e. The number of rotatable bonds is 7. The summed E-state index contributed by atoms with van der Waals surface area (Å²) in [5.74, 6) is 0.463. The standard InChI is InChI=1S/C22H17Cl3N2O4/c1-2-30-21(28)10-13-3-7-19(18(25)9-13)31-15-5-8-20(26-12-15)27-22(29)14-4-6-16(23)17(24)11-14/h3-9,11-12H,2,10H2,1H3,(H,26,27,29). The number of benzene rings is 2. The monoisotopic (exact) mass is 478 g/mol. The van der Waals surface area contributed by atoms with E-state index in [1.54, 1.807) is 49.4 Å². The summed E-state index contributed by atoms with van der Waals surface area (Å²) in [5.41, 5.74) is 1.07. The maximum Gasteiger partial charge on any atom is 0.310 e. The highest BCUT2D eigenvalue weighted by molar-refractivity contribution is 6.42. The maximum absolute atomic E-state index is 12.3. The second-order valence-electron chi connectivity index (χ2n) is 6.31. The van der Waals surface area contributed by atoms with Crippen LogP contribution in [0.5, 0.6) is 11.5 Å². The fraction of sp³-hybridized carbons (Fsp3) is 0.136. The van der Waals surface area contributed by atoms with Gasteiger partial charge in [0.2, 0.25) is 0 Å². The van der Waals surface area contributed by atoms with Gasteiger partial charge < -0.3 is 14.8 Å². The van der Waals surface area contributed by atoms with E-state index >= 15 is 0 Å². The zero-order valence-corrected chi connectivity index (χ0v) is 18.6. The minimum Gasteiger partial charge on any atom is -0.466 e. The average Bonchev–Trinajstić information content (AvgIpc) is 2.73. The van der Waals surface area contributed by atoms with E-state index in [0.29, 0.717) is 45.1 Å². The molecule has 0 atom stereocenters. The van der Waals surface area contributed by atoms with E-state index < -0.39 is 0 Å². The second-order valence-corrected chi connectivity index (χ2v) is 7.53. The number of nitrogens with one attached hydrogen (secondary N) is 1. The van der Waals surface area contributed by atoms with Crippen molar-refractivity contribution < 1.29 is 19.1 Å². The molecule has 160 valence electrons. The van der Waals surface area contributed by atoms with Crippen molar-refractivity contribution in [2.75, 3.05) is 11.9 Å². The Morgan fingerprint density at radius 3 is 2.42 bits per heavy atom. The molecule has 1 aromatic heterocycles. The first-order chi connectivity index (χ1) is 14.9. The summed E-state index contributed by atoms with van der Waals surface area (Å²) in [6.45, 7) is 2.07. The zero-order chi connectivity index (χ0) is 22.4. The molecule has 0 fully saturated rings. The van der Waals surface area contributed by atoms with Crippen LogP contribution < -0.4 is 10.1 Å². The number of esters is 1. The van der Waals surface area contributed by atoms with Gasteiger partial charge in [-0.25, -0.2) is 4.98 Å². The number of carbonyl (C=O) groups excluding carboxylic acids is 2. The zero-order valence-electron chi connectivity index (χ0n) is 16.3. The van der Waals surface area contributed by atoms with Crippen molar-refractivity contribution in [3.63, 3.8) is 0 Å². The lowest BCUT2D eigenvalue weighted by Gasteiger charge is -2.10. The van der Waals surface area contributed by atoms with Crippen LogP contribution in [-0.4, -0.2) is 23.5 Å². The van der Waals surface area contributed by atoms with Crippen LogP contribution >= 0.6 is 34.8 Å². The van der Waals surface area contributed by atoms with Gasteiger partial charge in [0, 0.05) is 5.56 Å². The van der Waals surface area contributed by atoms with Crippen molar-refractivity contribution in [3.8, 4) is 11.5 Å². The Labute approximate surface area is 194 Å². The fourth-order valence-electron chi connectivity index (χ4n) is 2.58. The minimum atomic E-state index is -0.375. The van der Waals surface area contributed by atoms with Crippen molar-refractivity contribution in [2.45, 2.75) is 13.3 Å². The van der Waals surface area contributed by atoms with E-state index in [9.17, 15) is 9.59 Å². The molecular weight excluding hydrogens is 463 g/mol. The molecule has 1 N–H and O–H groups in total. The second kappa shape index (κ2) is 10.5. The Bertz CT molecular complexity index is 1100. The van der Waals surface area contributed by atoms with Gasteiger partial charge in [-0.05, 0) is 55.0 Å². The smallest absolute Gasteiger partial charge is 0.310 e. The quantitative estimate of drug-likeness (QED) is 0.409. The molecule has 3 aromatic rings. The number of aromatic nitrogens is 1. The molecular formula is C22H17Cl3N2O4. The van der Waals surface area contributed by atoms with E-state index in [2.05, 4.69) is 10.3 Å². The molecule has 0 unspecified atom stereocenters. The topological polar surface area (TPSA) is 77.5 Å². The van der Waals surface area contributed by atoms with Crippen molar-refractivity contribution in [2.24, 2.45) is 0 Å². The van der Waals surface area contributed by atoms with Gasteiger partial charge in [-0.15, -0.1) is 0 Å². The third-order valence-corrected chi connectivity index (χ3v) is 5.07. The molecule has 0 saturated heterocycles. The highest BCUT2D eigenvalue weighted by Crippen LogP contribution is 2.30. The molecule has 9 heteroatoms. The van der Waals surface area contributed by atoms with Crippen LogP contribution in [0.1, 0.15) is 22.8 Å². The summed E-state index contributed by atoms with van der Waals surface area (Å²) < 4.78 is 10.7. The Kier molecular flexibility index (Phi) is 7.74. The summed E-state index contributed by atoms with van der Waals surface area (Å²) >= 11 is 18.1. The first-order valence-corrected chi connectivity index (χ1v) is 10.3. The summed E-state index contributed by atoms with van der Waals surface area (Å²) in [7, 11) is 0. The average molecular weight is 480 g/mol. The van der Waals surface area contributed by atoms with E-state index in [1.165, 1.54) is 12.3 Å². The molecule has 0 aliphatic heterocycles. The van der Waals surface area contributed by atoms with Gasteiger partial charge in [0.15, 0.2) is 0 Å². The number of halogens is 3. The molecule has 3 rings (SSSR count). The van der Waals surface area contributed by atoms with Crippen LogP contribution in [0.3, 0.4) is 0 Å². The molecule has 0 bridgehead atoms. The molecule has 0 aliphatic rings. The van der Waals surface area contributed by atoms with Crippen LogP contribution in [0.15, 0.2) is 54.7 Å². The highest BCUT2D eigenvalue weighted by atomic mass is 35.5. The van der Waals surface area contributed by atoms with Crippen LogP contribution in [0, 0.1) is 0 Å². The molecule has 0 saturated carbocycles. The van der Waals surface area contributed by atoms with Gasteiger partial charge in [0.05, 0.1) is 34.3 Å². The van der Waals surface area contributed by atoms with E-state index in [-0.39, 0.29) is 23.3 Å². The van der Waals surface area contributed by atoms with Gasteiger partial charge in [-0.1, -0.05) is 40.9 Å². The lowest BCUT2D eigenvalue weighted by Crippen LogP contribution is -2.12. The normalized spacial score (nSPS) is 10.5. The molecule has 0 spiro atoms. The molecule has 2 aromatic carbocycles. The Morgan fingerprint density at radius 2 is 1.77 bits per heavy atom. The molecule has 0 aliphatic carbocycles. The number of carbonyl (C=O) groups is 2. The van der Waals surface area contributed by atoms with Gasteiger partial charge in [-0.3, -0.25) is 9.59 Å². The van der Waals surface area contributed by atoms with Gasteiger partial charge in [0.25, 0.3) is 5.91 Å². The van der Waals surface area contributed by atoms with Crippen LogP contribution in [-0.2, 0) is 16.0 Å². The summed E-state index contributed by atoms with van der Waals surface area (Å²) in [4.78, 5) is 28.1. The molecule has 1 heterocycles. The van der Waals surface area contributed by atoms with Crippen molar-refractivity contribution in [1.29, 1.82) is 0 Å².